The van der Waals surface area contributed by atoms with Gasteiger partial charge in [0, 0.05) is 23.8 Å². The third-order valence-electron chi connectivity index (χ3n) is 3.67. The monoisotopic (exact) mass is 388 g/mol. The maximum absolute atomic E-state index is 12.2. The average molecular weight is 389 g/mol. The number of halogens is 1. The minimum absolute atomic E-state index is 0.0599. The van der Waals surface area contributed by atoms with E-state index in [0.29, 0.717) is 17.2 Å². The first-order chi connectivity index (χ1) is 13.0. The zero-order valence-corrected chi connectivity index (χ0v) is 14.8. The van der Waals surface area contributed by atoms with Gasteiger partial charge in [-0.05, 0) is 30.3 Å². The van der Waals surface area contributed by atoms with Gasteiger partial charge in [0.15, 0.2) is 5.76 Å². The van der Waals surface area contributed by atoms with Crippen molar-refractivity contribution < 1.29 is 23.7 Å². The number of carbonyl (C=O) groups is 1. The Morgan fingerprint density at radius 3 is 2.63 bits per heavy atom. The van der Waals surface area contributed by atoms with E-state index >= 15 is 0 Å². The molecule has 0 bridgehead atoms. The van der Waals surface area contributed by atoms with E-state index in [1.165, 1.54) is 12.1 Å². The summed E-state index contributed by atoms with van der Waals surface area (Å²) in [4.78, 5) is 22.4. The molecule has 0 N–H and O–H groups in total. The number of benzene rings is 2. The molecular weight excluding hydrogens is 376 g/mol. The lowest BCUT2D eigenvalue weighted by molar-refractivity contribution is -0.384. The number of nitro groups is 1. The van der Waals surface area contributed by atoms with Crippen molar-refractivity contribution in [1.82, 2.24) is 5.16 Å². The average Bonchev–Trinajstić information content (AvgIpc) is 3.15. The first-order valence-corrected chi connectivity index (χ1v) is 8.07. The number of hydrogen-bond acceptors (Lipinski definition) is 7. The van der Waals surface area contributed by atoms with E-state index in [-0.39, 0.29) is 22.9 Å². The quantitative estimate of drug-likeness (QED) is 0.352. The van der Waals surface area contributed by atoms with Gasteiger partial charge in [-0.1, -0.05) is 16.8 Å². The molecule has 0 aliphatic rings. The third kappa shape index (κ3) is 4.24. The molecule has 0 saturated heterocycles. The molecule has 0 aliphatic heterocycles. The number of nitro benzene ring substituents is 1. The summed E-state index contributed by atoms with van der Waals surface area (Å²) < 4.78 is 15.5. The number of carbonyl (C=O) groups excluding carboxylic acids is 1. The van der Waals surface area contributed by atoms with E-state index in [9.17, 15) is 14.9 Å². The number of hydrogen-bond donors (Lipinski definition) is 0. The maximum Gasteiger partial charge on any atom is 0.340 e. The molecule has 2 aromatic carbocycles. The number of nitrogens with zero attached hydrogens (tertiary/aromatic N) is 2. The normalized spacial score (nSPS) is 10.4. The smallest absolute Gasteiger partial charge is 0.340 e. The second-order valence-electron chi connectivity index (χ2n) is 5.41. The summed E-state index contributed by atoms with van der Waals surface area (Å²) in [5, 5.41) is 14.7. The van der Waals surface area contributed by atoms with Gasteiger partial charge in [0.1, 0.15) is 18.1 Å². The minimum atomic E-state index is -0.794. The number of ether oxygens (including phenoxy) is 2. The second-order valence-corrected chi connectivity index (χ2v) is 5.82. The van der Waals surface area contributed by atoms with Gasteiger partial charge in [-0.25, -0.2) is 4.79 Å². The van der Waals surface area contributed by atoms with Gasteiger partial charge in [-0.15, -0.1) is 0 Å². The van der Waals surface area contributed by atoms with Crippen LogP contribution in [0.5, 0.6) is 5.75 Å². The van der Waals surface area contributed by atoms with E-state index in [0.717, 1.165) is 11.6 Å². The first kappa shape index (κ1) is 18.4. The summed E-state index contributed by atoms with van der Waals surface area (Å²) in [5.74, 6) is 0.413. The number of esters is 1. The highest BCUT2D eigenvalue weighted by molar-refractivity contribution is 6.33. The fraction of sp³-hybridized carbons (Fsp3) is 0.111. The van der Waals surface area contributed by atoms with Crippen molar-refractivity contribution in [3.05, 3.63) is 74.9 Å². The zero-order chi connectivity index (χ0) is 19.4. The Hall–Kier alpha value is -3.39. The van der Waals surface area contributed by atoms with Crippen LogP contribution in [-0.2, 0) is 11.3 Å². The van der Waals surface area contributed by atoms with E-state index in [1.807, 2.05) is 0 Å². The van der Waals surface area contributed by atoms with Crippen LogP contribution >= 0.6 is 11.6 Å². The number of aromatic nitrogens is 1. The van der Waals surface area contributed by atoms with Gasteiger partial charge in [-0.2, -0.15) is 0 Å². The number of rotatable bonds is 6. The largest absolute Gasteiger partial charge is 0.497 e. The van der Waals surface area contributed by atoms with Gasteiger partial charge in [-0.3, -0.25) is 10.1 Å². The predicted molar refractivity (Wildman–Crippen MR) is 95.7 cm³/mol. The molecule has 0 fully saturated rings. The highest BCUT2D eigenvalue weighted by Crippen LogP contribution is 2.25. The van der Waals surface area contributed by atoms with E-state index in [1.54, 1.807) is 37.4 Å². The van der Waals surface area contributed by atoms with Crippen LogP contribution in [0.15, 0.2) is 53.1 Å². The highest BCUT2D eigenvalue weighted by Gasteiger charge is 2.18. The van der Waals surface area contributed by atoms with Crippen LogP contribution in [0.25, 0.3) is 11.3 Å². The van der Waals surface area contributed by atoms with Crippen molar-refractivity contribution in [2.75, 3.05) is 7.11 Å². The molecular formula is C18H13ClN2O6. The van der Waals surface area contributed by atoms with Crippen molar-refractivity contribution >= 4 is 23.3 Å². The Labute approximate surface area is 158 Å². The van der Waals surface area contributed by atoms with Gasteiger partial charge < -0.3 is 14.0 Å². The van der Waals surface area contributed by atoms with Gasteiger partial charge in [0.2, 0.25) is 0 Å². The molecule has 0 aliphatic carbocycles. The molecule has 0 saturated carbocycles. The molecule has 0 atom stereocenters. The van der Waals surface area contributed by atoms with Crippen molar-refractivity contribution in [3.8, 4) is 17.1 Å². The Morgan fingerprint density at radius 1 is 1.22 bits per heavy atom. The maximum atomic E-state index is 12.2. The van der Waals surface area contributed by atoms with E-state index in [4.69, 9.17) is 25.6 Å². The molecule has 3 aromatic rings. The lowest BCUT2D eigenvalue weighted by Gasteiger charge is -2.04. The molecule has 8 nitrogen and oxygen atoms in total. The van der Waals surface area contributed by atoms with Gasteiger partial charge in [0.25, 0.3) is 5.69 Å². The molecule has 138 valence electrons. The minimum Gasteiger partial charge on any atom is -0.497 e. The van der Waals surface area contributed by atoms with Crippen molar-refractivity contribution in [1.29, 1.82) is 0 Å². The molecule has 27 heavy (non-hydrogen) atoms. The molecule has 0 amide bonds. The van der Waals surface area contributed by atoms with Crippen LogP contribution in [-0.4, -0.2) is 23.2 Å². The Balaban J connectivity index is 1.68. The van der Waals surface area contributed by atoms with Crippen LogP contribution in [0.4, 0.5) is 5.69 Å². The predicted octanol–water partition coefficient (Wildman–Crippen LogP) is 4.27. The molecule has 1 aromatic heterocycles. The Kier molecular flexibility index (Phi) is 5.37. The molecule has 9 heteroatoms. The Bertz CT molecular complexity index is 984. The lowest BCUT2D eigenvalue weighted by Crippen LogP contribution is -2.06. The van der Waals surface area contributed by atoms with Crippen molar-refractivity contribution in [2.24, 2.45) is 0 Å². The van der Waals surface area contributed by atoms with Crippen LogP contribution in [0.3, 0.4) is 0 Å². The summed E-state index contributed by atoms with van der Waals surface area (Å²) in [6.07, 6.45) is 0. The van der Waals surface area contributed by atoms with Crippen molar-refractivity contribution in [3.63, 3.8) is 0 Å². The summed E-state index contributed by atoms with van der Waals surface area (Å²) in [6.45, 7) is -0.169. The van der Waals surface area contributed by atoms with Gasteiger partial charge in [0.05, 0.1) is 22.6 Å². The molecule has 3 rings (SSSR count). The van der Waals surface area contributed by atoms with Crippen molar-refractivity contribution in [2.45, 2.75) is 6.61 Å². The standard InChI is InChI=1S/C18H13ClN2O6/c1-25-14-5-2-11(3-6-14)17-8-12(20-27-17)10-26-18(22)15-9-13(21(23)24)4-7-16(15)19/h2-9H,10H2,1H3. The third-order valence-corrected chi connectivity index (χ3v) is 3.99. The van der Waals surface area contributed by atoms with Gasteiger partial charge >= 0.3 is 5.97 Å². The summed E-state index contributed by atoms with van der Waals surface area (Å²) in [5.41, 5.74) is 0.817. The fourth-order valence-corrected chi connectivity index (χ4v) is 2.47. The molecule has 1 heterocycles. The van der Waals surface area contributed by atoms with Crippen LogP contribution in [0, 0.1) is 10.1 Å². The second kappa shape index (κ2) is 7.88. The molecule has 0 unspecified atom stereocenters. The van der Waals surface area contributed by atoms with E-state index in [2.05, 4.69) is 5.16 Å². The number of methoxy groups -OCH3 is 1. The number of non-ortho nitro benzene ring substituents is 1. The molecule has 0 spiro atoms. The summed E-state index contributed by atoms with van der Waals surface area (Å²) >= 11 is 5.92. The topological polar surface area (TPSA) is 105 Å². The Morgan fingerprint density at radius 2 is 1.96 bits per heavy atom. The van der Waals surface area contributed by atoms with Crippen LogP contribution in [0.1, 0.15) is 16.1 Å². The highest BCUT2D eigenvalue weighted by atomic mass is 35.5. The fourth-order valence-electron chi connectivity index (χ4n) is 2.27. The SMILES string of the molecule is COc1ccc(-c2cc(COC(=O)c3cc([N+](=O)[O-])ccc3Cl)no2)cc1. The van der Waals surface area contributed by atoms with E-state index < -0.39 is 10.9 Å². The van der Waals surface area contributed by atoms with Crippen LogP contribution in [0.2, 0.25) is 5.02 Å². The lowest BCUT2D eigenvalue weighted by atomic mass is 10.1. The zero-order valence-electron chi connectivity index (χ0n) is 14.0. The van der Waals surface area contributed by atoms with Crippen LogP contribution < -0.4 is 4.74 Å². The summed E-state index contributed by atoms with van der Waals surface area (Å²) in [6, 6.07) is 12.3. The summed E-state index contributed by atoms with van der Waals surface area (Å²) in [7, 11) is 1.57. The molecule has 0 radical (unpaired) electrons. The first-order valence-electron chi connectivity index (χ1n) is 7.69.